The standard InChI is InChI=1S/C12H20N4O2S/c1-3-15-7-12(14-8-15)19(17,18)16-6-10-4-13-5-11(10)9(16)2/h7-11,13H,3-6H2,1-2H3. The maximum absolute atomic E-state index is 12.6. The molecule has 2 fully saturated rings. The lowest BCUT2D eigenvalue weighted by molar-refractivity contribution is 0.359. The first-order valence-electron chi connectivity index (χ1n) is 6.78. The van der Waals surface area contributed by atoms with Crippen LogP contribution < -0.4 is 5.32 Å². The van der Waals surface area contributed by atoms with E-state index in [1.165, 1.54) is 0 Å². The predicted molar refractivity (Wildman–Crippen MR) is 71.1 cm³/mol. The van der Waals surface area contributed by atoms with Gasteiger partial charge in [-0.1, -0.05) is 0 Å². The summed E-state index contributed by atoms with van der Waals surface area (Å²) in [6.07, 6.45) is 3.20. The highest BCUT2D eigenvalue weighted by Crippen LogP contribution is 2.35. The van der Waals surface area contributed by atoms with E-state index in [4.69, 9.17) is 0 Å². The number of hydrogen-bond acceptors (Lipinski definition) is 4. The molecule has 106 valence electrons. The Bertz CT molecular complexity index is 568. The Morgan fingerprint density at radius 3 is 2.89 bits per heavy atom. The largest absolute Gasteiger partial charge is 0.336 e. The number of hydrogen-bond donors (Lipinski definition) is 1. The summed E-state index contributed by atoms with van der Waals surface area (Å²) in [6.45, 7) is 7.15. The summed E-state index contributed by atoms with van der Waals surface area (Å²) in [5.41, 5.74) is 0. The van der Waals surface area contributed by atoms with Crippen LogP contribution >= 0.6 is 0 Å². The Kier molecular flexibility index (Phi) is 3.15. The summed E-state index contributed by atoms with van der Waals surface area (Å²) >= 11 is 0. The topological polar surface area (TPSA) is 67.2 Å². The van der Waals surface area contributed by atoms with Crippen LogP contribution in [0.4, 0.5) is 0 Å². The first kappa shape index (κ1) is 13.1. The van der Waals surface area contributed by atoms with E-state index in [0.717, 1.165) is 19.6 Å². The summed E-state index contributed by atoms with van der Waals surface area (Å²) in [4.78, 5) is 4.05. The van der Waals surface area contributed by atoms with Crippen molar-refractivity contribution in [2.24, 2.45) is 11.8 Å². The number of fused-ring (bicyclic) bond motifs is 1. The van der Waals surface area contributed by atoms with Crippen LogP contribution in [0.1, 0.15) is 13.8 Å². The van der Waals surface area contributed by atoms with Crippen LogP contribution in [0.2, 0.25) is 0 Å². The average molecular weight is 284 g/mol. The molecule has 2 saturated heterocycles. The van der Waals surface area contributed by atoms with Crippen molar-refractivity contribution < 1.29 is 8.42 Å². The highest BCUT2D eigenvalue weighted by Gasteiger charge is 2.47. The average Bonchev–Trinajstić information content (AvgIpc) is 3.06. The Morgan fingerprint density at radius 2 is 2.26 bits per heavy atom. The van der Waals surface area contributed by atoms with E-state index in [2.05, 4.69) is 10.3 Å². The minimum Gasteiger partial charge on any atom is -0.336 e. The van der Waals surface area contributed by atoms with Crippen molar-refractivity contribution in [2.75, 3.05) is 19.6 Å². The van der Waals surface area contributed by atoms with Crippen molar-refractivity contribution in [3.63, 3.8) is 0 Å². The van der Waals surface area contributed by atoms with Crippen molar-refractivity contribution >= 4 is 10.0 Å². The number of nitrogens with one attached hydrogen (secondary N) is 1. The second-order valence-electron chi connectivity index (χ2n) is 5.44. The van der Waals surface area contributed by atoms with E-state index in [9.17, 15) is 8.42 Å². The molecule has 0 saturated carbocycles. The Labute approximate surface area is 113 Å². The van der Waals surface area contributed by atoms with E-state index in [-0.39, 0.29) is 11.1 Å². The maximum atomic E-state index is 12.6. The molecule has 3 rings (SSSR count). The second-order valence-corrected chi connectivity index (χ2v) is 7.28. The Balaban J connectivity index is 1.89. The van der Waals surface area contributed by atoms with E-state index in [1.807, 2.05) is 13.8 Å². The molecule has 3 atom stereocenters. The number of aryl methyl sites for hydroxylation is 1. The van der Waals surface area contributed by atoms with Crippen LogP contribution in [0.25, 0.3) is 0 Å². The van der Waals surface area contributed by atoms with Gasteiger partial charge < -0.3 is 9.88 Å². The molecule has 0 aromatic carbocycles. The molecule has 2 aliphatic rings. The molecule has 1 N–H and O–H groups in total. The highest BCUT2D eigenvalue weighted by atomic mass is 32.2. The van der Waals surface area contributed by atoms with Crippen LogP contribution in [-0.2, 0) is 16.6 Å². The molecule has 0 amide bonds. The molecule has 0 radical (unpaired) electrons. The molecule has 6 nitrogen and oxygen atoms in total. The molecule has 3 unspecified atom stereocenters. The molecule has 19 heavy (non-hydrogen) atoms. The zero-order valence-electron chi connectivity index (χ0n) is 11.3. The van der Waals surface area contributed by atoms with Crippen LogP contribution in [0.5, 0.6) is 0 Å². The summed E-state index contributed by atoms with van der Waals surface area (Å²) in [5, 5.41) is 3.51. The fourth-order valence-corrected chi connectivity index (χ4v) is 4.88. The lowest BCUT2D eigenvalue weighted by Gasteiger charge is -2.22. The predicted octanol–water partition coefficient (Wildman–Crippen LogP) is 0.131. The van der Waals surface area contributed by atoms with Crippen molar-refractivity contribution in [3.05, 3.63) is 12.5 Å². The van der Waals surface area contributed by atoms with Crippen molar-refractivity contribution in [1.29, 1.82) is 0 Å². The van der Waals surface area contributed by atoms with E-state index >= 15 is 0 Å². The summed E-state index contributed by atoms with van der Waals surface area (Å²) in [6, 6.07) is 0.0526. The molecule has 7 heteroatoms. The van der Waals surface area contributed by atoms with Crippen molar-refractivity contribution in [2.45, 2.75) is 31.5 Å². The third kappa shape index (κ3) is 2.00. The van der Waals surface area contributed by atoms with E-state index < -0.39 is 10.0 Å². The van der Waals surface area contributed by atoms with Gasteiger partial charge in [-0.05, 0) is 38.8 Å². The summed E-state index contributed by atoms with van der Waals surface area (Å²) < 4.78 is 28.7. The van der Waals surface area contributed by atoms with Gasteiger partial charge in [-0.3, -0.25) is 0 Å². The number of imidazole rings is 1. The zero-order valence-corrected chi connectivity index (χ0v) is 12.1. The second kappa shape index (κ2) is 4.57. The molecule has 0 aliphatic carbocycles. The van der Waals surface area contributed by atoms with Gasteiger partial charge in [0, 0.05) is 25.3 Å². The van der Waals surface area contributed by atoms with Gasteiger partial charge in [-0.2, -0.15) is 4.31 Å². The molecule has 1 aromatic heterocycles. The fraction of sp³-hybridized carbons (Fsp3) is 0.750. The molecule has 3 heterocycles. The molecule has 0 bridgehead atoms. The Morgan fingerprint density at radius 1 is 1.47 bits per heavy atom. The van der Waals surface area contributed by atoms with Crippen LogP contribution in [-0.4, -0.2) is 48.0 Å². The molecular weight excluding hydrogens is 264 g/mol. The van der Waals surface area contributed by atoms with Gasteiger partial charge in [-0.25, -0.2) is 13.4 Å². The number of sulfonamides is 1. The highest BCUT2D eigenvalue weighted by molar-refractivity contribution is 7.89. The molecular formula is C12H20N4O2S. The molecule has 2 aliphatic heterocycles. The van der Waals surface area contributed by atoms with Gasteiger partial charge in [0.05, 0.1) is 6.33 Å². The van der Waals surface area contributed by atoms with Gasteiger partial charge in [0.1, 0.15) is 0 Å². The van der Waals surface area contributed by atoms with Gasteiger partial charge in [0.15, 0.2) is 5.03 Å². The van der Waals surface area contributed by atoms with Gasteiger partial charge in [0.2, 0.25) is 0 Å². The molecule has 1 aromatic rings. The van der Waals surface area contributed by atoms with Gasteiger partial charge in [0.25, 0.3) is 10.0 Å². The number of nitrogens with zero attached hydrogens (tertiary/aromatic N) is 3. The third-order valence-electron chi connectivity index (χ3n) is 4.43. The quantitative estimate of drug-likeness (QED) is 0.857. The minimum absolute atomic E-state index is 0.0526. The zero-order chi connectivity index (χ0) is 13.6. The lowest BCUT2D eigenvalue weighted by atomic mass is 9.95. The first-order valence-corrected chi connectivity index (χ1v) is 8.22. The maximum Gasteiger partial charge on any atom is 0.262 e. The SMILES string of the molecule is CCn1cnc(S(=O)(=O)N2CC3CNCC3C2C)c1. The van der Waals surface area contributed by atoms with Crippen LogP contribution in [0, 0.1) is 11.8 Å². The minimum atomic E-state index is -3.45. The van der Waals surface area contributed by atoms with Crippen LogP contribution in [0.3, 0.4) is 0 Å². The normalized spacial score (nSPS) is 31.8. The van der Waals surface area contributed by atoms with Crippen molar-refractivity contribution in [3.8, 4) is 0 Å². The van der Waals surface area contributed by atoms with Crippen molar-refractivity contribution in [1.82, 2.24) is 19.2 Å². The number of rotatable bonds is 3. The monoisotopic (exact) mass is 284 g/mol. The van der Waals surface area contributed by atoms with E-state index in [1.54, 1.807) is 21.4 Å². The fourth-order valence-electron chi connectivity index (χ4n) is 3.21. The van der Waals surface area contributed by atoms with Gasteiger partial charge >= 0.3 is 0 Å². The van der Waals surface area contributed by atoms with E-state index in [0.29, 0.717) is 18.4 Å². The number of aromatic nitrogens is 2. The third-order valence-corrected chi connectivity index (χ3v) is 6.27. The summed E-state index contributed by atoms with van der Waals surface area (Å²) in [5.74, 6) is 0.876. The Hall–Kier alpha value is -0.920. The van der Waals surface area contributed by atoms with Crippen LogP contribution in [0.15, 0.2) is 17.6 Å². The molecule has 0 spiro atoms. The van der Waals surface area contributed by atoms with Gasteiger partial charge in [-0.15, -0.1) is 0 Å². The first-order chi connectivity index (χ1) is 9.04. The smallest absolute Gasteiger partial charge is 0.262 e. The lowest BCUT2D eigenvalue weighted by Crippen LogP contribution is -2.38. The summed E-state index contributed by atoms with van der Waals surface area (Å²) in [7, 11) is -3.45.